The first-order valence-electron chi connectivity index (χ1n) is 5.95. The van der Waals surface area contributed by atoms with Gasteiger partial charge >= 0.3 is 0 Å². The lowest BCUT2D eigenvalue weighted by atomic mass is 10.1. The molecule has 2 aromatic carbocycles. The number of rotatable bonds is 3. The van der Waals surface area contributed by atoms with Gasteiger partial charge in [-0.05, 0) is 36.2 Å². The van der Waals surface area contributed by atoms with Crippen molar-refractivity contribution >= 4 is 11.6 Å². The van der Waals surface area contributed by atoms with E-state index in [9.17, 15) is 9.18 Å². The fraction of sp³-hybridized carbons (Fsp3) is 0.133. The van der Waals surface area contributed by atoms with Crippen LogP contribution < -0.4 is 11.1 Å². The molecule has 98 valence electrons. The minimum Gasteiger partial charge on any atom is -0.324 e. The number of hydrogen-bond acceptors (Lipinski definition) is 2. The van der Waals surface area contributed by atoms with E-state index in [4.69, 9.17) is 5.73 Å². The zero-order chi connectivity index (χ0) is 13.8. The molecule has 0 saturated heterocycles. The molecule has 1 amide bonds. The van der Waals surface area contributed by atoms with Crippen molar-refractivity contribution in [3.05, 3.63) is 65.5 Å². The van der Waals surface area contributed by atoms with E-state index in [1.807, 2.05) is 18.2 Å². The van der Waals surface area contributed by atoms with Gasteiger partial charge in [0.1, 0.15) is 11.9 Å². The van der Waals surface area contributed by atoms with Gasteiger partial charge in [0, 0.05) is 5.69 Å². The summed E-state index contributed by atoms with van der Waals surface area (Å²) >= 11 is 0. The van der Waals surface area contributed by atoms with E-state index in [2.05, 4.69) is 5.32 Å². The van der Waals surface area contributed by atoms with E-state index < -0.39 is 6.04 Å². The van der Waals surface area contributed by atoms with E-state index in [1.165, 1.54) is 18.2 Å². The highest BCUT2D eigenvalue weighted by Gasteiger charge is 2.16. The number of nitrogens with one attached hydrogen (secondary N) is 1. The fourth-order valence-electron chi connectivity index (χ4n) is 1.79. The molecule has 3 nitrogen and oxygen atoms in total. The molecule has 2 aromatic rings. The van der Waals surface area contributed by atoms with Crippen molar-refractivity contribution in [2.24, 2.45) is 5.73 Å². The zero-order valence-electron chi connectivity index (χ0n) is 10.6. The molecule has 4 heteroatoms. The van der Waals surface area contributed by atoms with Gasteiger partial charge in [-0.2, -0.15) is 0 Å². The molecule has 0 radical (unpaired) electrons. The lowest BCUT2D eigenvalue weighted by molar-refractivity contribution is -0.117. The Morgan fingerprint density at radius 3 is 2.53 bits per heavy atom. The quantitative estimate of drug-likeness (QED) is 0.889. The number of hydrogen-bond donors (Lipinski definition) is 2. The first-order chi connectivity index (χ1) is 9.08. The van der Waals surface area contributed by atoms with Crippen molar-refractivity contribution < 1.29 is 9.18 Å². The number of carbonyl (C=O) groups excluding carboxylic acids is 1. The van der Waals surface area contributed by atoms with Crippen molar-refractivity contribution in [1.29, 1.82) is 0 Å². The maximum absolute atomic E-state index is 13.0. The summed E-state index contributed by atoms with van der Waals surface area (Å²) in [5.74, 6) is -0.649. The Balaban J connectivity index is 2.13. The number of nitrogens with two attached hydrogens (primary N) is 1. The third-order valence-electron chi connectivity index (χ3n) is 2.89. The van der Waals surface area contributed by atoms with Crippen LogP contribution in [-0.4, -0.2) is 5.91 Å². The van der Waals surface area contributed by atoms with E-state index >= 15 is 0 Å². The highest BCUT2D eigenvalue weighted by Crippen LogP contribution is 2.18. The molecule has 0 unspecified atom stereocenters. The molecule has 0 spiro atoms. The average molecular weight is 258 g/mol. The van der Waals surface area contributed by atoms with Crippen LogP contribution >= 0.6 is 0 Å². The summed E-state index contributed by atoms with van der Waals surface area (Å²) in [5.41, 5.74) is 7.84. The van der Waals surface area contributed by atoms with Crippen molar-refractivity contribution in [2.45, 2.75) is 13.0 Å². The Morgan fingerprint density at radius 2 is 1.89 bits per heavy atom. The second kappa shape index (κ2) is 5.63. The molecule has 0 heterocycles. The number of anilines is 1. The van der Waals surface area contributed by atoms with Crippen LogP contribution in [0.3, 0.4) is 0 Å². The van der Waals surface area contributed by atoms with Crippen molar-refractivity contribution in [1.82, 2.24) is 0 Å². The maximum atomic E-state index is 13.0. The third kappa shape index (κ3) is 3.17. The highest BCUT2D eigenvalue weighted by molar-refractivity contribution is 5.95. The molecule has 19 heavy (non-hydrogen) atoms. The standard InChI is InChI=1S/C15H15FN2O/c1-10-9-12(16)7-8-13(10)18-15(19)14(17)11-5-3-2-4-6-11/h2-9,14H,17H2,1H3,(H,18,19)/t14-/m1/s1. The topological polar surface area (TPSA) is 55.1 Å². The molecule has 0 aromatic heterocycles. The number of amides is 1. The largest absolute Gasteiger partial charge is 0.324 e. The molecule has 0 bridgehead atoms. The van der Waals surface area contributed by atoms with Gasteiger partial charge in [0.2, 0.25) is 5.91 Å². The van der Waals surface area contributed by atoms with Crippen LogP contribution in [0.1, 0.15) is 17.2 Å². The number of aryl methyl sites for hydroxylation is 1. The second-order valence-electron chi connectivity index (χ2n) is 4.34. The number of benzene rings is 2. The zero-order valence-corrected chi connectivity index (χ0v) is 10.6. The summed E-state index contributed by atoms with van der Waals surface area (Å²) in [4.78, 5) is 12.0. The van der Waals surface area contributed by atoms with Crippen molar-refractivity contribution in [3.8, 4) is 0 Å². The van der Waals surface area contributed by atoms with Crippen LogP contribution in [0.15, 0.2) is 48.5 Å². The lowest BCUT2D eigenvalue weighted by Crippen LogP contribution is -2.27. The number of carbonyl (C=O) groups is 1. The van der Waals surface area contributed by atoms with Crippen molar-refractivity contribution in [3.63, 3.8) is 0 Å². The molecule has 0 aliphatic carbocycles. The molecule has 2 rings (SSSR count). The van der Waals surface area contributed by atoms with Gasteiger partial charge in [-0.3, -0.25) is 4.79 Å². The van der Waals surface area contributed by atoms with Crippen molar-refractivity contribution in [2.75, 3.05) is 5.32 Å². The van der Waals surface area contributed by atoms with Crippen LogP contribution in [0.25, 0.3) is 0 Å². The Bertz CT molecular complexity index is 584. The molecular weight excluding hydrogens is 243 g/mol. The van der Waals surface area contributed by atoms with E-state index in [1.54, 1.807) is 19.1 Å². The maximum Gasteiger partial charge on any atom is 0.245 e. The summed E-state index contributed by atoms with van der Waals surface area (Å²) in [5, 5.41) is 2.71. The molecule has 3 N–H and O–H groups in total. The normalized spacial score (nSPS) is 11.9. The Labute approximate surface area is 111 Å². The fourth-order valence-corrected chi connectivity index (χ4v) is 1.79. The van der Waals surface area contributed by atoms with Crippen LogP contribution in [0, 0.1) is 12.7 Å². The minimum absolute atomic E-state index is 0.319. The van der Waals surface area contributed by atoms with E-state index in [-0.39, 0.29) is 11.7 Å². The summed E-state index contributed by atoms with van der Waals surface area (Å²) in [6, 6.07) is 12.5. The summed E-state index contributed by atoms with van der Waals surface area (Å²) in [7, 11) is 0. The number of halogens is 1. The Morgan fingerprint density at radius 1 is 1.21 bits per heavy atom. The monoisotopic (exact) mass is 258 g/mol. The third-order valence-corrected chi connectivity index (χ3v) is 2.89. The summed E-state index contributed by atoms with van der Waals surface area (Å²) < 4.78 is 13.0. The molecule has 0 aliphatic heterocycles. The predicted octanol–water partition coefficient (Wildman–Crippen LogP) is 2.77. The van der Waals surface area contributed by atoms with E-state index in [0.717, 1.165) is 5.56 Å². The molecular formula is C15H15FN2O. The Hall–Kier alpha value is -2.20. The van der Waals surface area contributed by atoms with Crippen LogP contribution in [0.4, 0.5) is 10.1 Å². The Kier molecular flexibility index (Phi) is 3.92. The molecule has 0 aliphatic rings. The van der Waals surface area contributed by atoms with Gasteiger partial charge in [0.05, 0.1) is 0 Å². The minimum atomic E-state index is -0.745. The summed E-state index contributed by atoms with van der Waals surface area (Å²) in [6.45, 7) is 1.73. The van der Waals surface area contributed by atoms with Gasteiger partial charge < -0.3 is 11.1 Å². The first-order valence-corrected chi connectivity index (χ1v) is 5.95. The smallest absolute Gasteiger partial charge is 0.245 e. The van der Waals surface area contributed by atoms with Gasteiger partial charge in [-0.25, -0.2) is 4.39 Å². The van der Waals surface area contributed by atoms with Gasteiger partial charge in [0.25, 0.3) is 0 Å². The van der Waals surface area contributed by atoms with Crippen LogP contribution in [-0.2, 0) is 4.79 Å². The van der Waals surface area contributed by atoms with E-state index in [0.29, 0.717) is 11.3 Å². The van der Waals surface area contributed by atoms with Crippen LogP contribution in [0.5, 0.6) is 0 Å². The predicted molar refractivity (Wildman–Crippen MR) is 73.1 cm³/mol. The second-order valence-corrected chi connectivity index (χ2v) is 4.34. The average Bonchev–Trinajstić information content (AvgIpc) is 2.42. The van der Waals surface area contributed by atoms with Gasteiger partial charge in [0.15, 0.2) is 0 Å². The molecule has 0 saturated carbocycles. The lowest BCUT2D eigenvalue weighted by Gasteiger charge is -2.14. The van der Waals surface area contributed by atoms with Crippen LogP contribution in [0.2, 0.25) is 0 Å². The molecule has 0 fully saturated rings. The highest BCUT2D eigenvalue weighted by atomic mass is 19.1. The summed E-state index contributed by atoms with van der Waals surface area (Å²) in [6.07, 6.45) is 0. The van der Waals surface area contributed by atoms with Gasteiger partial charge in [-0.1, -0.05) is 30.3 Å². The van der Waals surface area contributed by atoms with Gasteiger partial charge in [-0.15, -0.1) is 0 Å². The SMILES string of the molecule is Cc1cc(F)ccc1NC(=O)[C@H](N)c1ccccc1. The molecule has 1 atom stereocenters. The first kappa shape index (κ1) is 13.2.